The lowest BCUT2D eigenvalue weighted by Gasteiger charge is -2.34. The van der Waals surface area contributed by atoms with Crippen molar-refractivity contribution in [2.45, 2.75) is 26.3 Å². The summed E-state index contributed by atoms with van der Waals surface area (Å²) in [5.74, 6) is 0. The van der Waals surface area contributed by atoms with Gasteiger partial charge < -0.3 is 10.2 Å². The average Bonchev–Trinajstić information content (AvgIpc) is 2.76. The zero-order chi connectivity index (χ0) is 13.2. The van der Waals surface area contributed by atoms with Crippen molar-refractivity contribution in [3.8, 4) is 0 Å². The molecule has 1 aromatic carbocycles. The molecular formula is C16H25N3. The van der Waals surface area contributed by atoms with E-state index in [9.17, 15) is 0 Å². The Morgan fingerprint density at radius 3 is 2.79 bits per heavy atom. The Morgan fingerprint density at radius 1 is 1.26 bits per heavy atom. The Kier molecular flexibility index (Phi) is 3.76. The van der Waals surface area contributed by atoms with Crippen LogP contribution in [0.15, 0.2) is 18.2 Å². The molecule has 0 saturated carbocycles. The van der Waals surface area contributed by atoms with Crippen molar-refractivity contribution in [1.29, 1.82) is 0 Å². The molecule has 0 spiro atoms. The van der Waals surface area contributed by atoms with Gasteiger partial charge in [0.15, 0.2) is 0 Å². The maximum Gasteiger partial charge on any atom is 0.0458 e. The first-order valence-corrected chi connectivity index (χ1v) is 7.57. The first-order chi connectivity index (χ1) is 9.28. The predicted octanol–water partition coefficient (Wildman–Crippen LogP) is 1.65. The standard InChI is InChI=1S/C16H25N3/c1-3-19-15(12-18-8-6-17-7-9-18)11-14-10-13(2)4-5-16(14)19/h4-5,10,15,17H,3,6-9,11-12H2,1-2H3. The van der Waals surface area contributed by atoms with Crippen LogP contribution >= 0.6 is 0 Å². The van der Waals surface area contributed by atoms with Gasteiger partial charge in [0.2, 0.25) is 0 Å². The Hall–Kier alpha value is -1.06. The van der Waals surface area contributed by atoms with Crippen molar-refractivity contribution in [3.63, 3.8) is 0 Å². The molecule has 0 bridgehead atoms. The van der Waals surface area contributed by atoms with Gasteiger partial charge in [-0.15, -0.1) is 0 Å². The topological polar surface area (TPSA) is 18.5 Å². The molecule has 19 heavy (non-hydrogen) atoms. The summed E-state index contributed by atoms with van der Waals surface area (Å²) in [6.07, 6.45) is 1.22. The van der Waals surface area contributed by atoms with Crippen LogP contribution in [-0.2, 0) is 6.42 Å². The molecule has 3 nitrogen and oxygen atoms in total. The van der Waals surface area contributed by atoms with Gasteiger partial charge in [-0.2, -0.15) is 0 Å². The van der Waals surface area contributed by atoms with Crippen molar-refractivity contribution in [1.82, 2.24) is 10.2 Å². The van der Waals surface area contributed by atoms with E-state index >= 15 is 0 Å². The van der Waals surface area contributed by atoms with Crippen LogP contribution in [0.2, 0.25) is 0 Å². The summed E-state index contributed by atoms with van der Waals surface area (Å²) >= 11 is 0. The highest BCUT2D eigenvalue weighted by molar-refractivity contribution is 5.60. The summed E-state index contributed by atoms with van der Waals surface area (Å²) < 4.78 is 0. The first kappa shape index (κ1) is 12.9. The van der Waals surface area contributed by atoms with Crippen LogP contribution in [0.4, 0.5) is 5.69 Å². The number of nitrogens with one attached hydrogen (secondary N) is 1. The van der Waals surface area contributed by atoms with Crippen molar-refractivity contribution >= 4 is 5.69 Å². The molecule has 2 aliphatic rings. The fraction of sp³-hybridized carbons (Fsp3) is 0.625. The van der Waals surface area contributed by atoms with Gasteiger partial charge in [-0.25, -0.2) is 0 Å². The van der Waals surface area contributed by atoms with Gasteiger partial charge in [-0.05, 0) is 31.9 Å². The van der Waals surface area contributed by atoms with E-state index in [0.29, 0.717) is 6.04 Å². The van der Waals surface area contributed by atoms with Crippen molar-refractivity contribution < 1.29 is 0 Å². The second-order valence-electron chi connectivity index (χ2n) is 5.83. The third kappa shape index (κ3) is 2.63. The lowest BCUT2D eigenvalue weighted by atomic mass is 10.1. The Balaban J connectivity index is 1.73. The van der Waals surface area contributed by atoms with Gasteiger partial charge in [0.1, 0.15) is 0 Å². The number of anilines is 1. The lowest BCUT2D eigenvalue weighted by Crippen LogP contribution is -2.49. The maximum absolute atomic E-state index is 3.43. The fourth-order valence-electron chi connectivity index (χ4n) is 3.50. The molecule has 2 heterocycles. The van der Waals surface area contributed by atoms with E-state index in [1.54, 1.807) is 5.56 Å². The molecule has 3 heteroatoms. The van der Waals surface area contributed by atoms with Crippen LogP contribution < -0.4 is 10.2 Å². The predicted molar refractivity (Wildman–Crippen MR) is 81.0 cm³/mol. The molecule has 0 radical (unpaired) electrons. The van der Waals surface area contributed by atoms with E-state index in [2.05, 4.69) is 47.2 Å². The van der Waals surface area contributed by atoms with E-state index in [4.69, 9.17) is 0 Å². The molecule has 0 aliphatic carbocycles. The number of benzene rings is 1. The first-order valence-electron chi connectivity index (χ1n) is 7.57. The monoisotopic (exact) mass is 259 g/mol. The van der Waals surface area contributed by atoms with Crippen molar-refractivity contribution in [2.24, 2.45) is 0 Å². The number of piperazine rings is 1. The third-order valence-electron chi connectivity index (χ3n) is 4.46. The van der Waals surface area contributed by atoms with Gasteiger partial charge in [0, 0.05) is 51.0 Å². The van der Waals surface area contributed by atoms with E-state index in [1.165, 1.54) is 37.3 Å². The quantitative estimate of drug-likeness (QED) is 0.890. The zero-order valence-electron chi connectivity index (χ0n) is 12.2. The fourth-order valence-corrected chi connectivity index (χ4v) is 3.50. The molecule has 1 N–H and O–H groups in total. The highest BCUT2D eigenvalue weighted by atomic mass is 15.3. The van der Waals surface area contributed by atoms with Crippen LogP contribution in [0.5, 0.6) is 0 Å². The molecule has 104 valence electrons. The largest absolute Gasteiger partial charge is 0.367 e. The van der Waals surface area contributed by atoms with Crippen molar-refractivity contribution in [3.05, 3.63) is 29.3 Å². The highest BCUT2D eigenvalue weighted by Gasteiger charge is 2.29. The minimum atomic E-state index is 0.667. The number of rotatable bonds is 3. The number of nitrogens with zero attached hydrogens (tertiary/aromatic N) is 2. The SMILES string of the molecule is CCN1c2ccc(C)cc2CC1CN1CCNCC1. The molecule has 3 rings (SSSR count). The van der Waals surface area contributed by atoms with Gasteiger partial charge in [-0.3, -0.25) is 4.90 Å². The normalized spacial score (nSPS) is 23.7. The molecule has 0 aromatic heterocycles. The lowest BCUT2D eigenvalue weighted by molar-refractivity contribution is 0.226. The van der Waals surface area contributed by atoms with Crippen LogP contribution in [0.25, 0.3) is 0 Å². The van der Waals surface area contributed by atoms with Gasteiger partial charge in [-0.1, -0.05) is 17.7 Å². The highest BCUT2D eigenvalue weighted by Crippen LogP contribution is 2.32. The number of fused-ring (bicyclic) bond motifs is 1. The van der Waals surface area contributed by atoms with Crippen LogP contribution in [0.3, 0.4) is 0 Å². The smallest absolute Gasteiger partial charge is 0.0458 e. The molecule has 1 unspecified atom stereocenters. The number of hydrogen-bond acceptors (Lipinski definition) is 3. The summed E-state index contributed by atoms with van der Waals surface area (Å²) in [7, 11) is 0. The number of likely N-dealkylation sites (N-methyl/N-ethyl adjacent to an activating group) is 1. The van der Waals surface area contributed by atoms with E-state index in [-0.39, 0.29) is 0 Å². The van der Waals surface area contributed by atoms with Crippen LogP contribution in [0.1, 0.15) is 18.1 Å². The summed E-state index contributed by atoms with van der Waals surface area (Å²) in [6, 6.07) is 7.59. The van der Waals surface area contributed by atoms with E-state index in [1.807, 2.05) is 0 Å². The van der Waals surface area contributed by atoms with Gasteiger partial charge in [0.05, 0.1) is 0 Å². The van der Waals surface area contributed by atoms with E-state index in [0.717, 1.165) is 19.6 Å². The zero-order valence-corrected chi connectivity index (χ0v) is 12.2. The second-order valence-corrected chi connectivity index (χ2v) is 5.83. The molecule has 1 fully saturated rings. The Labute approximate surface area is 116 Å². The van der Waals surface area contributed by atoms with Gasteiger partial charge in [0.25, 0.3) is 0 Å². The van der Waals surface area contributed by atoms with Gasteiger partial charge >= 0.3 is 0 Å². The molecule has 2 aliphatic heterocycles. The summed E-state index contributed by atoms with van der Waals surface area (Å²) in [4.78, 5) is 5.21. The molecule has 1 atom stereocenters. The summed E-state index contributed by atoms with van der Waals surface area (Å²) in [5, 5.41) is 3.43. The average molecular weight is 259 g/mol. The minimum absolute atomic E-state index is 0.667. The molecule has 0 amide bonds. The summed E-state index contributed by atoms with van der Waals surface area (Å²) in [5.41, 5.74) is 4.40. The van der Waals surface area contributed by atoms with Crippen LogP contribution in [0, 0.1) is 6.92 Å². The van der Waals surface area contributed by atoms with E-state index < -0.39 is 0 Å². The number of aryl methyl sites for hydroxylation is 1. The molecule has 1 aromatic rings. The molecular weight excluding hydrogens is 234 g/mol. The van der Waals surface area contributed by atoms with Crippen LogP contribution in [-0.4, -0.2) is 50.2 Å². The summed E-state index contributed by atoms with van der Waals surface area (Å²) in [6.45, 7) is 11.5. The molecule has 1 saturated heterocycles. The maximum atomic E-state index is 3.43. The third-order valence-corrected chi connectivity index (χ3v) is 4.46. The van der Waals surface area contributed by atoms with Crippen molar-refractivity contribution in [2.75, 3.05) is 44.2 Å². The Morgan fingerprint density at radius 2 is 2.05 bits per heavy atom. The Bertz CT molecular complexity index is 438. The number of hydrogen-bond donors (Lipinski definition) is 1. The second kappa shape index (κ2) is 5.51. The minimum Gasteiger partial charge on any atom is -0.367 e.